The summed E-state index contributed by atoms with van der Waals surface area (Å²) in [6, 6.07) is 9.83. The molecule has 1 aliphatic heterocycles. The van der Waals surface area contributed by atoms with Gasteiger partial charge in [-0.15, -0.1) is 0 Å². The van der Waals surface area contributed by atoms with Crippen molar-refractivity contribution < 1.29 is 4.79 Å². The highest BCUT2D eigenvalue weighted by atomic mass is 32.2. The van der Waals surface area contributed by atoms with E-state index in [2.05, 4.69) is 15.4 Å². The second-order valence-electron chi connectivity index (χ2n) is 6.09. The van der Waals surface area contributed by atoms with E-state index >= 15 is 0 Å². The Balaban J connectivity index is 1.79. The number of aromatic nitrogens is 2. The molecule has 1 aromatic heterocycles. The van der Waals surface area contributed by atoms with Crippen LogP contribution in [0.4, 0.5) is 11.6 Å². The summed E-state index contributed by atoms with van der Waals surface area (Å²) in [6.45, 7) is 3.75. The van der Waals surface area contributed by atoms with Gasteiger partial charge in [-0.25, -0.2) is 9.97 Å². The molecule has 2 aromatic rings. The van der Waals surface area contributed by atoms with E-state index in [-0.39, 0.29) is 5.91 Å². The molecule has 1 N–H and O–H groups in total. The standard InChI is InChI=1S/C18H19N5OS2/c1-11-9-12(2)20-17(19-11)21-23-16(24)15(26-18(23)25)10-13-5-7-14(8-6-13)22(3)4/h5-10H,1-4H3,(H,19,20,21)/b15-10+. The van der Waals surface area contributed by atoms with Crippen LogP contribution >= 0.6 is 24.0 Å². The number of nitrogens with one attached hydrogen (secondary N) is 1. The zero-order valence-electron chi connectivity index (χ0n) is 15.0. The van der Waals surface area contributed by atoms with Gasteiger partial charge in [0.1, 0.15) is 0 Å². The summed E-state index contributed by atoms with van der Waals surface area (Å²) in [5.41, 5.74) is 6.60. The van der Waals surface area contributed by atoms with Crippen LogP contribution in [0.2, 0.25) is 0 Å². The highest BCUT2D eigenvalue weighted by molar-refractivity contribution is 8.26. The topological polar surface area (TPSA) is 61.4 Å². The molecule has 8 heteroatoms. The average Bonchev–Trinajstić information content (AvgIpc) is 2.82. The normalized spacial score (nSPS) is 15.7. The predicted octanol–water partition coefficient (Wildman–Crippen LogP) is 3.39. The lowest BCUT2D eigenvalue weighted by atomic mass is 10.2. The summed E-state index contributed by atoms with van der Waals surface area (Å²) in [5, 5.41) is 1.31. The summed E-state index contributed by atoms with van der Waals surface area (Å²) in [5.74, 6) is 0.148. The molecule has 26 heavy (non-hydrogen) atoms. The Labute approximate surface area is 162 Å². The van der Waals surface area contributed by atoms with Gasteiger partial charge in [0.05, 0.1) is 4.91 Å². The molecule has 0 spiro atoms. The second-order valence-corrected chi connectivity index (χ2v) is 7.76. The molecule has 1 amide bonds. The molecular weight excluding hydrogens is 366 g/mol. The van der Waals surface area contributed by atoms with E-state index in [1.165, 1.54) is 16.8 Å². The first kappa shape index (κ1) is 18.3. The molecule has 1 aliphatic rings. The average molecular weight is 386 g/mol. The van der Waals surface area contributed by atoms with E-state index in [0.717, 1.165) is 22.6 Å². The number of aryl methyl sites for hydroxylation is 2. The van der Waals surface area contributed by atoms with Crippen LogP contribution in [-0.4, -0.2) is 39.3 Å². The van der Waals surface area contributed by atoms with Crippen LogP contribution in [-0.2, 0) is 4.79 Å². The van der Waals surface area contributed by atoms with Crippen LogP contribution < -0.4 is 10.3 Å². The number of amides is 1. The van der Waals surface area contributed by atoms with Gasteiger partial charge >= 0.3 is 0 Å². The van der Waals surface area contributed by atoms with E-state index in [1.807, 2.05) is 69.3 Å². The minimum atomic E-state index is -0.209. The van der Waals surface area contributed by atoms with Crippen molar-refractivity contribution in [2.45, 2.75) is 13.8 Å². The first-order valence-corrected chi connectivity index (χ1v) is 9.20. The van der Waals surface area contributed by atoms with Gasteiger partial charge in [0, 0.05) is 31.2 Å². The highest BCUT2D eigenvalue weighted by Crippen LogP contribution is 2.32. The van der Waals surface area contributed by atoms with E-state index in [4.69, 9.17) is 12.2 Å². The number of hydrogen-bond donors (Lipinski definition) is 1. The van der Waals surface area contributed by atoms with Crippen LogP contribution in [0.15, 0.2) is 35.2 Å². The number of rotatable bonds is 4. The Bertz CT molecular complexity index is 873. The molecule has 3 rings (SSSR count). The van der Waals surface area contributed by atoms with Crippen molar-refractivity contribution in [3.63, 3.8) is 0 Å². The number of hydrogen-bond acceptors (Lipinski definition) is 7. The van der Waals surface area contributed by atoms with Crippen LogP contribution in [0.1, 0.15) is 17.0 Å². The van der Waals surface area contributed by atoms with E-state index in [1.54, 1.807) is 0 Å². The Morgan fingerprint density at radius 1 is 1.15 bits per heavy atom. The van der Waals surface area contributed by atoms with Gasteiger partial charge in [0.25, 0.3) is 5.91 Å². The molecule has 0 atom stereocenters. The zero-order chi connectivity index (χ0) is 18.8. The van der Waals surface area contributed by atoms with Gasteiger partial charge in [0.2, 0.25) is 5.95 Å². The fourth-order valence-corrected chi connectivity index (χ4v) is 3.64. The highest BCUT2D eigenvalue weighted by Gasteiger charge is 2.33. The van der Waals surface area contributed by atoms with Crippen LogP contribution in [0, 0.1) is 13.8 Å². The van der Waals surface area contributed by atoms with Gasteiger partial charge in [-0.05, 0) is 55.9 Å². The van der Waals surface area contributed by atoms with Gasteiger partial charge in [-0.1, -0.05) is 23.9 Å². The van der Waals surface area contributed by atoms with Crippen molar-refractivity contribution in [1.29, 1.82) is 0 Å². The van der Waals surface area contributed by atoms with Crippen molar-refractivity contribution >= 4 is 51.9 Å². The van der Waals surface area contributed by atoms with Gasteiger partial charge in [-0.3, -0.25) is 10.2 Å². The number of thiocarbonyl (C=S) groups is 1. The van der Waals surface area contributed by atoms with Gasteiger partial charge in [0.15, 0.2) is 4.32 Å². The van der Waals surface area contributed by atoms with Crippen molar-refractivity contribution in [3.8, 4) is 0 Å². The Kier molecular flexibility index (Phi) is 5.24. The minimum absolute atomic E-state index is 0.209. The molecule has 1 fully saturated rings. The quantitative estimate of drug-likeness (QED) is 0.639. The van der Waals surface area contributed by atoms with E-state index < -0.39 is 0 Å². The fourth-order valence-electron chi connectivity index (χ4n) is 2.46. The fraction of sp³-hybridized carbons (Fsp3) is 0.222. The van der Waals surface area contributed by atoms with E-state index in [9.17, 15) is 4.79 Å². The Morgan fingerprint density at radius 2 is 1.77 bits per heavy atom. The monoisotopic (exact) mass is 385 g/mol. The van der Waals surface area contributed by atoms with Crippen molar-refractivity contribution in [2.75, 3.05) is 24.4 Å². The molecule has 0 radical (unpaired) electrons. The third kappa shape index (κ3) is 4.03. The van der Waals surface area contributed by atoms with E-state index in [0.29, 0.717) is 15.2 Å². The number of anilines is 2. The number of nitrogens with zero attached hydrogens (tertiary/aromatic N) is 4. The summed E-state index contributed by atoms with van der Waals surface area (Å²) in [4.78, 5) is 23.9. The maximum Gasteiger partial charge on any atom is 0.285 e. The smallest absolute Gasteiger partial charge is 0.285 e. The summed E-state index contributed by atoms with van der Waals surface area (Å²) < 4.78 is 0.425. The van der Waals surface area contributed by atoms with Crippen molar-refractivity contribution in [3.05, 3.63) is 52.2 Å². The molecule has 0 saturated carbocycles. The third-order valence-electron chi connectivity index (χ3n) is 3.70. The van der Waals surface area contributed by atoms with Crippen molar-refractivity contribution in [1.82, 2.24) is 15.0 Å². The number of carbonyl (C=O) groups is 1. The number of carbonyl (C=O) groups excluding carboxylic acids is 1. The Morgan fingerprint density at radius 3 is 2.35 bits per heavy atom. The number of benzene rings is 1. The summed E-state index contributed by atoms with van der Waals surface area (Å²) in [7, 11) is 3.97. The van der Waals surface area contributed by atoms with Crippen LogP contribution in [0.25, 0.3) is 6.08 Å². The van der Waals surface area contributed by atoms with Crippen LogP contribution in [0.3, 0.4) is 0 Å². The zero-order valence-corrected chi connectivity index (χ0v) is 16.6. The maximum absolute atomic E-state index is 12.7. The molecule has 134 valence electrons. The second kappa shape index (κ2) is 7.43. The lowest BCUT2D eigenvalue weighted by molar-refractivity contribution is -0.121. The molecule has 1 saturated heterocycles. The first-order chi connectivity index (χ1) is 12.3. The predicted molar refractivity (Wildman–Crippen MR) is 111 cm³/mol. The minimum Gasteiger partial charge on any atom is -0.378 e. The number of hydrazine groups is 1. The SMILES string of the molecule is Cc1cc(C)nc(NN2C(=O)/C(=C\c3ccc(N(C)C)cc3)SC2=S)n1. The molecule has 0 unspecified atom stereocenters. The molecule has 6 nitrogen and oxygen atoms in total. The van der Waals surface area contributed by atoms with Gasteiger partial charge in [-0.2, -0.15) is 5.01 Å². The number of thioether (sulfide) groups is 1. The third-order valence-corrected chi connectivity index (χ3v) is 5.00. The molecule has 0 aliphatic carbocycles. The first-order valence-electron chi connectivity index (χ1n) is 7.98. The van der Waals surface area contributed by atoms with Crippen LogP contribution in [0.5, 0.6) is 0 Å². The van der Waals surface area contributed by atoms with Gasteiger partial charge < -0.3 is 4.90 Å². The summed E-state index contributed by atoms with van der Waals surface area (Å²) >= 11 is 6.59. The largest absolute Gasteiger partial charge is 0.378 e. The molecule has 2 heterocycles. The summed E-state index contributed by atoms with van der Waals surface area (Å²) in [6.07, 6.45) is 1.84. The lowest BCUT2D eigenvalue weighted by Crippen LogP contribution is -2.34. The Hall–Kier alpha value is -2.45. The van der Waals surface area contributed by atoms with Crippen molar-refractivity contribution in [2.24, 2.45) is 0 Å². The maximum atomic E-state index is 12.7. The molecule has 1 aromatic carbocycles. The molecule has 0 bridgehead atoms. The molecular formula is C18H19N5OS2. The lowest BCUT2D eigenvalue weighted by Gasteiger charge is -2.16.